The molecular weight excluding hydrogens is 280 g/mol. The zero-order valence-electron chi connectivity index (χ0n) is 11.5. The molecule has 0 atom stereocenters. The fourth-order valence-corrected chi connectivity index (χ4v) is 1.84. The fraction of sp³-hybridized carbons (Fsp3) is 0.429. The summed E-state index contributed by atoms with van der Waals surface area (Å²) in [6.07, 6.45) is -1.36. The summed E-state index contributed by atoms with van der Waals surface area (Å²) < 4.78 is 33.8. The standard InChI is InChI=1S/C14H17F2N3O2/c15-12(16)9-20-7-5-13-18-14(21-19-13)11-3-1-2-10(8-11)4-6-17/h1-3,8,12H,4-7,9,17H2. The summed E-state index contributed by atoms with van der Waals surface area (Å²) in [6, 6.07) is 7.68. The lowest BCUT2D eigenvalue weighted by molar-refractivity contribution is 0.0182. The van der Waals surface area contributed by atoms with Crippen molar-refractivity contribution < 1.29 is 18.0 Å². The van der Waals surface area contributed by atoms with E-state index in [4.69, 9.17) is 15.0 Å². The minimum Gasteiger partial charge on any atom is -0.375 e. The van der Waals surface area contributed by atoms with Gasteiger partial charge in [0.2, 0.25) is 0 Å². The molecule has 1 heterocycles. The van der Waals surface area contributed by atoms with Crippen LogP contribution in [0.1, 0.15) is 11.4 Å². The van der Waals surface area contributed by atoms with Crippen molar-refractivity contribution in [2.24, 2.45) is 5.73 Å². The first-order valence-corrected chi connectivity index (χ1v) is 6.67. The number of nitrogens with two attached hydrogens (primary N) is 1. The Morgan fingerprint density at radius 2 is 2.14 bits per heavy atom. The van der Waals surface area contributed by atoms with Gasteiger partial charge in [-0.25, -0.2) is 8.78 Å². The lowest BCUT2D eigenvalue weighted by Gasteiger charge is -2.00. The van der Waals surface area contributed by atoms with Gasteiger partial charge in [0, 0.05) is 12.0 Å². The number of aromatic nitrogens is 2. The van der Waals surface area contributed by atoms with Gasteiger partial charge in [-0.15, -0.1) is 0 Å². The van der Waals surface area contributed by atoms with Gasteiger partial charge in [0.05, 0.1) is 6.61 Å². The maximum atomic E-state index is 11.9. The van der Waals surface area contributed by atoms with Crippen molar-refractivity contribution in [3.63, 3.8) is 0 Å². The number of nitrogens with zero attached hydrogens (tertiary/aromatic N) is 2. The number of hydrogen-bond acceptors (Lipinski definition) is 5. The molecule has 0 aliphatic heterocycles. The largest absolute Gasteiger partial charge is 0.375 e. The van der Waals surface area contributed by atoms with Crippen molar-refractivity contribution in [1.29, 1.82) is 0 Å². The van der Waals surface area contributed by atoms with Crippen LogP contribution in [0.25, 0.3) is 11.5 Å². The summed E-state index contributed by atoms with van der Waals surface area (Å²) in [5, 5.41) is 3.81. The first kappa shape index (κ1) is 15.5. The Labute approximate surface area is 121 Å². The van der Waals surface area contributed by atoms with E-state index < -0.39 is 13.0 Å². The van der Waals surface area contributed by atoms with Gasteiger partial charge in [0.25, 0.3) is 12.3 Å². The highest BCUT2D eigenvalue weighted by Crippen LogP contribution is 2.18. The van der Waals surface area contributed by atoms with E-state index in [9.17, 15) is 8.78 Å². The van der Waals surface area contributed by atoms with Crippen molar-refractivity contribution in [3.05, 3.63) is 35.7 Å². The van der Waals surface area contributed by atoms with Gasteiger partial charge in [-0.1, -0.05) is 17.3 Å². The van der Waals surface area contributed by atoms with E-state index in [-0.39, 0.29) is 6.61 Å². The van der Waals surface area contributed by atoms with Crippen LogP contribution in [-0.4, -0.2) is 36.3 Å². The molecule has 0 aliphatic carbocycles. The predicted molar refractivity (Wildman–Crippen MR) is 73.0 cm³/mol. The Kier molecular flexibility index (Phi) is 5.77. The van der Waals surface area contributed by atoms with Gasteiger partial charge in [0.15, 0.2) is 5.82 Å². The topological polar surface area (TPSA) is 74.2 Å². The summed E-state index contributed by atoms with van der Waals surface area (Å²) >= 11 is 0. The van der Waals surface area contributed by atoms with Gasteiger partial charge in [0.1, 0.15) is 6.61 Å². The van der Waals surface area contributed by atoms with E-state index in [0.717, 1.165) is 17.5 Å². The average molecular weight is 297 g/mol. The normalized spacial score (nSPS) is 11.2. The monoisotopic (exact) mass is 297 g/mol. The van der Waals surface area contributed by atoms with Crippen LogP contribution in [0.3, 0.4) is 0 Å². The van der Waals surface area contributed by atoms with Crippen molar-refractivity contribution in [2.45, 2.75) is 19.3 Å². The molecular formula is C14H17F2N3O2. The molecule has 0 bridgehead atoms. The highest BCUT2D eigenvalue weighted by molar-refractivity contribution is 5.54. The van der Waals surface area contributed by atoms with Crippen molar-refractivity contribution in [2.75, 3.05) is 19.8 Å². The number of halogens is 2. The number of ether oxygens (including phenoxy) is 1. The average Bonchev–Trinajstić information content (AvgIpc) is 2.93. The summed E-state index contributed by atoms with van der Waals surface area (Å²) in [4.78, 5) is 4.22. The Hall–Kier alpha value is -1.86. The second-order valence-corrected chi connectivity index (χ2v) is 4.47. The molecule has 0 saturated heterocycles. The van der Waals surface area contributed by atoms with Gasteiger partial charge >= 0.3 is 0 Å². The molecule has 2 N–H and O–H groups in total. The maximum absolute atomic E-state index is 11.9. The molecule has 0 amide bonds. The molecule has 114 valence electrons. The molecule has 0 radical (unpaired) electrons. The Morgan fingerprint density at radius 1 is 1.29 bits per heavy atom. The summed E-state index contributed by atoms with van der Waals surface area (Å²) in [5.74, 6) is 0.834. The van der Waals surface area contributed by atoms with Crippen LogP contribution < -0.4 is 5.73 Å². The molecule has 1 aromatic carbocycles. The lowest BCUT2D eigenvalue weighted by atomic mass is 10.1. The Morgan fingerprint density at radius 3 is 2.90 bits per heavy atom. The van der Waals surface area contributed by atoms with Gasteiger partial charge < -0.3 is 15.0 Å². The zero-order chi connectivity index (χ0) is 15.1. The fourth-order valence-electron chi connectivity index (χ4n) is 1.84. The molecule has 2 aromatic rings. The quantitative estimate of drug-likeness (QED) is 0.755. The summed E-state index contributed by atoms with van der Waals surface area (Å²) in [7, 11) is 0. The third-order valence-electron chi connectivity index (χ3n) is 2.79. The molecule has 0 saturated carbocycles. The maximum Gasteiger partial charge on any atom is 0.261 e. The molecule has 0 fully saturated rings. The van der Waals surface area contributed by atoms with Gasteiger partial charge in [-0.05, 0) is 30.7 Å². The molecule has 0 spiro atoms. The first-order chi connectivity index (χ1) is 10.2. The van der Waals surface area contributed by atoms with Gasteiger partial charge in [-0.3, -0.25) is 0 Å². The van der Waals surface area contributed by atoms with E-state index in [0.29, 0.717) is 24.7 Å². The van der Waals surface area contributed by atoms with Crippen LogP contribution in [0.15, 0.2) is 28.8 Å². The van der Waals surface area contributed by atoms with Crippen LogP contribution in [0.4, 0.5) is 8.78 Å². The van der Waals surface area contributed by atoms with Crippen molar-refractivity contribution in [1.82, 2.24) is 10.1 Å². The van der Waals surface area contributed by atoms with Crippen LogP contribution in [0, 0.1) is 0 Å². The number of hydrogen-bond donors (Lipinski definition) is 1. The van der Waals surface area contributed by atoms with Crippen LogP contribution >= 0.6 is 0 Å². The molecule has 21 heavy (non-hydrogen) atoms. The van der Waals surface area contributed by atoms with E-state index in [1.165, 1.54) is 0 Å². The third kappa shape index (κ3) is 4.87. The molecule has 0 aliphatic rings. The highest BCUT2D eigenvalue weighted by Gasteiger charge is 2.10. The lowest BCUT2D eigenvalue weighted by Crippen LogP contribution is -2.07. The SMILES string of the molecule is NCCc1cccc(-c2nc(CCOCC(F)F)no2)c1. The van der Waals surface area contributed by atoms with Crippen molar-refractivity contribution >= 4 is 0 Å². The first-order valence-electron chi connectivity index (χ1n) is 6.67. The Balaban J connectivity index is 1.94. The number of benzene rings is 1. The molecule has 5 nitrogen and oxygen atoms in total. The van der Waals surface area contributed by atoms with E-state index in [1.54, 1.807) is 0 Å². The van der Waals surface area contributed by atoms with Crippen LogP contribution in [0.5, 0.6) is 0 Å². The van der Waals surface area contributed by atoms with Gasteiger partial charge in [-0.2, -0.15) is 4.98 Å². The molecule has 7 heteroatoms. The van der Waals surface area contributed by atoms with Crippen LogP contribution in [0.2, 0.25) is 0 Å². The summed E-state index contributed by atoms with van der Waals surface area (Å²) in [5.41, 5.74) is 7.43. The second kappa shape index (κ2) is 7.80. The van der Waals surface area contributed by atoms with E-state index >= 15 is 0 Å². The van der Waals surface area contributed by atoms with E-state index in [1.807, 2.05) is 24.3 Å². The molecule has 1 aromatic heterocycles. The minimum atomic E-state index is -2.46. The zero-order valence-corrected chi connectivity index (χ0v) is 11.5. The molecule has 0 unspecified atom stereocenters. The van der Waals surface area contributed by atoms with E-state index in [2.05, 4.69) is 10.1 Å². The Bertz CT molecular complexity index is 561. The van der Waals surface area contributed by atoms with Crippen LogP contribution in [-0.2, 0) is 17.6 Å². The minimum absolute atomic E-state index is 0.135. The number of rotatable bonds is 8. The molecule has 2 rings (SSSR count). The summed E-state index contributed by atoms with van der Waals surface area (Å²) in [6.45, 7) is 0.127. The second-order valence-electron chi connectivity index (χ2n) is 4.47. The smallest absolute Gasteiger partial charge is 0.261 e. The van der Waals surface area contributed by atoms with Crippen molar-refractivity contribution in [3.8, 4) is 11.5 Å². The number of alkyl halides is 2. The predicted octanol–water partition coefficient (Wildman–Crippen LogP) is 2.06. The highest BCUT2D eigenvalue weighted by atomic mass is 19.3. The third-order valence-corrected chi connectivity index (χ3v) is 2.79.